The van der Waals surface area contributed by atoms with Crippen molar-refractivity contribution >= 4 is 5.91 Å². The Morgan fingerprint density at radius 2 is 2.11 bits per heavy atom. The smallest absolute Gasteiger partial charge is 0.239 e. The lowest BCUT2D eigenvalue weighted by Crippen LogP contribution is -2.46. The lowest BCUT2D eigenvalue weighted by atomic mass is 10.0. The van der Waals surface area contributed by atoms with Crippen LogP contribution in [0.1, 0.15) is 46.5 Å². The van der Waals surface area contributed by atoms with Crippen LogP contribution in [0.2, 0.25) is 0 Å². The van der Waals surface area contributed by atoms with Crippen molar-refractivity contribution in [2.75, 3.05) is 19.7 Å². The summed E-state index contributed by atoms with van der Waals surface area (Å²) < 4.78 is 5.78. The Labute approximate surface area is 111 Å². The van der Waals surface area contributed by atoms with Gasteiger partial charge in [0.2, 0.25) is 5.91 Å². The predicted octanol–water partition coefficient (Wildman–Crippen LogP) is 1.78. The molecule has 0 aromatic carbocycles. The summed E-state index contributed by atoms with van der Waals surface area (Å²) in [7, 11) is 0. The van der Waals surface area contributed by atoms with Crippen molar-refractivity contribution in [3.63, 3.8) is 0 Å². The van der Waals surface area contributed by atoms with Gasteiger partial charge in [0.1, 0.15) is 0 Å². The summed E-state index contributed by atoms with van der Waals surface area (Å²) in [6, 6.07) is -0.363. The van der Waals surface area contributed by atoms with Crippen molar-refractivity contribution < 1.29 is 9.53 Å². The summed E-state index contributed by atoms with van der Waals surface area (Å²) >= 11 is 0. The Morgan fingerprint density at radius 3 is 2.72 bits per heavy atom. The largest absolute Gasteiger partial charge is 0.378 e. The van der Waals surface area contributed by atoms with Gasteiger partial charge in [-0.25, -0.2) is 0 Å². The number of hydrogen-bond acceptors (Lipinski definition) is 3. The third-order valence-corrected chi connectivity index (χ3v) is 3.55. The van der Waals surface area contributed by atoms with Gasteiger partial charge in [0, 0.05) is 19.7 Å². The molecule has 1 fully saturated rings. The Morgan fingerprint density at radius 1 is 1.39 bits per heavy atom. The maximum atomic E-state index is 12.2. The Balaban J connectivity index is 2.43. The van der Waals surface area contributed by atoms with E-state index in [1.807, 2.05) is 18.7 Å². The summed E-state index contributed by atoms with van der Waals surface area (Å²) in [6.07, 6.45) is 4.39. The van der Waals surface area contributed by atoms with Crippen molar-refractivity contribution in [1.29, 1.82) is 0 Å². The summed E-state index contributed by atoms with van der Waals surface area (Å²) in [4.78, 5) is 14.1. The molecule has 1 unspecified atom stereocenters. The zero-order valence-corrected chi connectivity index (χ0v) is 12.0. The van der Waals surface area contributed by atoms with E-state index in [4.69, 9.17) is 10.5 Å². The van der Waals surface area contributed by atoms with Gasteiger partial charge in [0.25, 0.3) is 0 Å². The van der Waals surface area contributed by atoms with Gasteiger partial charge in [-0.3, -0.25) is 4.79 Å². The second kappa shape index (κ2) is 7.74. The highest BCUT2D eigenvalue weighted by molar-refractivity contribution is 5.81. The molecule has 1 amide bonds. The Kier molecular flexibility index (Phi) is 6.65. The molecule has 0 aliphatic carbocycles. The number of ether oxygens (including phenoxy) is 1. The summed E-state index contributed by atoms with van der Waals surface area (Å²) in [5, 5.41) is 0. The molecule has 2 N–H and O–H groups in total. The molecular weight excluding hydrogens is 228 g/mol. The fraction of sp³-hybridized carbons (Fsp3) is 0.929. The van der Waals surface area contributed by atoms with Gasteiger partial charge in [-0.1, -0.05) is 20.8 Å². The van der Waals surface area contributed by atoms with Gasteiger partial charge < -0.3 is 15.4 Å². The van der Waals surface area contributed by atoms with Crippen molar-refractivity contribution in [3.05, 3.63) is 0 Å². The van der Waals surface area contributed by atoms with Gasteiger partial charge in [0.05, 0.1) is 12.1 Å². The molecule has 1 heterocycles. The third kappa shape index (κ3) is 4.58. The zero-order valence-electron chi connectivity index (χ0n) is 12.0. The standard InChI is InChI=1S/C14H28N2O2/c1-4-10-18-12-6-5-8-16(9-7-12)14(17)13(15)11(2)3/h11-13H,4-10,15H2,1-3H3/t12?,13-/m0/s1. The fourth-order valence-electron chi connectivity index (χ4n) is 2.23. The Bertz CT molecular complexity index is 256. The van der Waals surface area contributed by atoms with E-state index >= 15 is 0 Å². The van der Waals surface area contributed by atoms with Crippen LogP contribution in [-0.4, -0.2) is 42.6 Å². The van der Waals surface area contributed by atoms with Gasteiger partial charge in [-0.2, -0.15) is 0 Å². The minimum absolute atomic E-state index is 0.0983. The molecule has 106 valence electrons. The molecule has 4 nitrogen and oxygen atoms in total. The highest BCUT2D eigenvalue weighted by Gasteiger charge is 2.26. The minimum Gasteiger partial charge on any atom is -0.378 e. The second-order valence-corrected chi connectivity index (χ2v) is 5.52. The average molecular weight is 256 g/mol. The Hall–Kier alpha value is -0.610. The first-order chi connectivity index (χ1) is 8.56. The number of amides is 1. The van der Waals surface area contributed by atoms with E-state index in [2.05, 4.69) is 6.92 Å². The molecule has 0 aromatic heterocycles. The molecular formula is C14H28N2O2. The van der Waals surface area contributed by atoms with Crippen LogP contribution < -0.4 is 5.73 Å². The fourth-order valence-corrected chi connectivity index (χ4v) is 2.23. The van der Waals surface area contributed by atoms with Crippen LogP contribution >= 0.6 is 0 Å². The second-order valence-electron chi connectivity index (χ2n) is 5.52. The topological polar surface area (TPSA) is 55.6 Å². The number of carbonyl (C=O) groups is 1. The van der Waals surface area contributed by atoms with Crippen molar-refractivity contribution in [1.82, 2.24) is 4.90 Å². The van der Waals surface area contributed by atoms with Crippen LogP contribution in [0.25, 0.3) is 0 Å². The average Bonchev–Trinajstić information content (AvgIpc) is 2.59. The molecule has 1 aliphatic heterocycles. The van der Waals surface area contributed by atoms with E-state index in [0.717, 1.165) is 45.4 Å². The normalized spacial score (nSPS) is 22.9. The van der Waals surface area contributed by atoms with Crippen LogP contribution in [0.3, 0.4) is 0 Å². The molecule has 1 saturated heterocycles. The molecule has 0 radical (unpaired) electrons. The monoisotopic (exact) mass is 256 g/mol. The van der Waals surface area contributed by atoms with E-state index < -0.39 is 0 Å². The molecule has 1 aliphatic rings. The third-order valence-electron chi connectivity index (χ3n) is 3.55. The van der Waals surface area contributed by atoms with Crippen LogP contribution in [-0.2, 0) is 9.53 Å². The van der Waals surface area contributed by atoms with Gasteiger partial charge in [0.15, 0.2) is 0 Å². The van der Waals surface area contributed by atoms with Crippen molar-refractivity contribution in [3.8, 4) is 0 Å². The summed E-state index contributed by atoms with van der Waals surface area (Å²) in [6.45, 7) is 8.54. The number of hydrogen-bond donors (Lipinski definition) is 1. The van der Waals surface area contributed by atoms with Gasteiger partial charge >= 0.3 is 0 Å². The number of nitrogens with two attached hydrogens (primary N) is 1. The molecule has 18 heavy (non-hydrogen) atoms. The number of nitrogens with zero attached hydrogens (tertiary/aromatic N) is 1. The summed E-state index contributed by atoms with van der Waals surface area (Å²) in [5.41, 5.74) is 5.93. The first-order valence-corrected chi connectivity index (χ1v) is 7.22. The number of rotatable bonds is 5. The van der Waals surface area contributed by atoms with Crippen LogP contribution in [0.5, 0.6) is 0 Å². The summed E-state index contributed by atoms with van der Waals surface area (Å²) in [5.74, 6) is 0.300. The highest BCUT2D eigenvalue weighted by atomic mass is 16.5. The maximum absolute atomic E-state index is 12.2. The molecule has 0 spiro atoms. The van der Waals surface area contributed by atoms with Crippen molar-refractivity contribution in [2.45, 2.75) is 58.6 Å². The zero-order chi connectivity index (χ0) is 13.5. The van der Waals surface area contributed by atoms with E-state index in [0.29, 0.717) is 6.10 Å². The molecule has 1 rings (SSSR count). The highest BCUT2D eigenvalue weighted by Crippen LogP contribution is 2.16. The first kappa shape index (κ1) is 15.4. The van der Waals surface area contributed by atoms with Crippen LogP contribution in [0.4, 0.5) is 0 Å². The van der Waals surface area contributed by atoms with Crippen LogP contribution in [0.15, 0.2) is 0 Å². The van der Waals surface area contributed by atoms with Crippen molar-refractivity contribution in [2.24, 2.45) is 11.7 Å². The quantitative estimate of drug-likeness (QED) is 0.815. The lowest BCUT2D eigenvalue weighted by molar-refractivity contribution is -0.133. The maximum Gasteiger partial charge on any atom is 0.239 e. The molecule has 0 aromatic rings. The lowest BCUT2D eigenvalue weighted by Gasteiger charge is -2.26. The van der Waals surface area contributed by atoms with E-state index in [-0.39, 0.29) is 17.9 Å². The van der Waals surface area contributed by atoms with Crippen LogP contribution in [0, 0.1) is 5.92 Å². The minimum atomic E-state index is -0.363. The molecule has 0 bridgehead atoms. The van der Waals surface area contributed by atoms with Gasteiger partial charge in [-0.15, -0.1) is 0 Å². The molecule has 0 saturated carbocycles. The number of likely N-dealkylation sites (tertiary alicyclic amines) is 1. The predicted molar refractivity (Wildman–Crippen MR) is 73.3 cm³/mol. The number of carbonyl (C=O) groups excluding carboxylic acids is 1. The first-order valence-electron chi connectivity index (χ1n) is 7.22. The van der Waals surface area contributed by atoms with E-state index in [1.165, 1.54) is 0 Å². The van der Waals surface area contributed by atoms with Gasteiger partial charge in [-0.05, 0) is 31.6 Å². The SMILES string of the molecule is CCCOC1CCCN(C(=O)[C@@H](N)C(C)C)CC1. The molecule has 2 atom stereocenters. The van der Waals surface area contributed by atoms with E-state index in [1.54, 1.807) is 0 Å². The van der Waals surface area contributed by atoms with E-state index in [9.17, 15) is 4.79 Å². The molecule has 4 heteroatoms.